The lowest BCUT2D eigenvalue weighted by Gasteiger charge is -2.46. The number of aliphatic hydroxyl groups is 1. The highest BCUT2D eigenvalue weighted by molar-refractivity contribution is 5.75. The van der Waals surface area contributed by atoms with Gasteiger partial charge in [-0.3, -0.25) is 10.1 Å². The number of nitrogens with zero attached hydrogens (tertiary/aromatic N) is 2. The fraction of sp³-hybridized carbons (Fsp3) is 0.333. The molecule has 2 aromatic carbocycles. The van der Waals surface area contributed by atoms with Crippen molar-refractivity contribution in [1.29, 1.82) is 0 Å². The molecule has 0 saturated heterocycles. The van der Waals surface area contributed by atoms with Gasteiger partial charge in [-0.2, -0.15) is 0 Å². The van der Waals surface area contributed by atoms with Gasteiger partial charge in [-0.05, 0) is 43.7 Å². The maximum atomic E-state index is 11.7. The van der Waals surface area contributed by atoms with Gasteiger partial charge in [0.2, 0.25) is 11.5 Å². The summed E-state index contributed by atoms with van der Waals surface area (Å²) in [6.07, 6.45) is 3.76. The average Bonchev–Trinajstić information content (AvgIpc) is 2.86. The Bertz CT molecular complexity index is 985. The Morgan fingerprint density at radius 3 is 2.71 bits per heavy atom. The second-order valence-corrected chi connectivity index (χ2v) is 7.47. The first-order valence-corrected chi connectivity index (χ1v) is 9.08. The molecule has 28 heavy (non-hydrogen) atoms. The monoisotopic (exact) mass is 382 g/mol. The summed E-state index contributed by atoms with van der Waals surface area (Å²) in [7, 11) is 1.47. The molecule has 0 fully saturated rings. The summed E-state index contributed by atoms with van der Waals surface area (Å²) in [6, 6.07) is 11.0. The Morgan fingerprint density at radius 2 is 2.04 bits per heavy atom. The van der Waals surface area contributed by atoms with Gasteiger partial charge in [0.15, 0.2) is 0 Å². The van der Waals surface area contributed by atoms with E-state index in [0.717, 1.165) is 11.3 Å². The Balaban J connectivity index is 1.93. The second-order valence-electron chi connectivity index (χ2n) is 7.47. The van der Waals surface area contributed by atoms with Crippen LogP contribution in [0.5, 0.6) is 11.5 Å². The number of nitro groups is 1. The Morgan fingerprint density at radius 1 is 1.29 bits per heavy atom. The molecule has 0 bridgehead atoms. The zero-order valence-electron chi connectivity index (χ0n) is 16.0. The maximum Gasteiger partial charge on any atom is 0.315 e. The molecule has 146 valence electrons. The zero-order chi connectivity index (χ0) is 20.1. The van der Waals surface area contributed by atoms with Gasteiger partial charge in [0.1, 0.15) is 5.75 Å². The Kier molecular flexibility index (Phi) is 4.08. The van der Waals surface area contributed by atoms with E-state index < -0.39 is 16.1 Å². The number of β-amino-alcohol motifs (C(OH)–C–C–N with tert-alkyl or cyclic N) is 1. The van der Waals surface area contributed by atoms with Crippen molar-refractivity contribution in [2.45, 2.75) is 25.0 Å². The van der Waals surface area contributed by atoms with Gasteiger partial charge >= 0.3 is 5.69 Å². The normalized spacial score (nSPS) is 21.2. The molecular formula is C21H22N2O5. The molecular weight excluding hydrogens is 360 g/mol. The predicted molar refractivity (Wildman–Crippen MR) is 106 cm³/mol. The predicted octanol–water partition coefficient (Wildman–Crippen LogP) is 3.50. The first kappa shape index (κ1) is 18.3. The van der Waals surface area contributed by atoms with Crippen LogP contribution in [-0.2, 0) is 5.41 Å². The summed E-state index contributed by atoms with van der Waals surface area (Å²) < 4.78 is 11.7. The number of hydrogen-bond donors (Lipinski definition) is 1. The molecule has 2 heterocycles. The SMILES string of the molecule is COc1cc2c(c([N+](=O)[O-])c1)OC1(C=C2)N(CCO)c2ccccc2C1(C)C. The smallest absolute Gasteiger partial charge is 0.315 e. The third-order valence-electron chi connectivity index (χ3n) is 5.74. The van der Waals surface area contributed by atoms with Crippen molar-refractivity contribution in [3.63, 3.8) is 0 Å². The van der Waals surface area contributed by atoms with E-state index in [-0.39, 0.29) is 18.0 Å². The lowest BCUT2D eigenvalue weighted by atomic mass is 9.76. The molecule has 0 aromatic heterocycles. The molecule has 1 spiro atoms. The van der Waals surface area contributed by atoms with Crippen molar-refractivity contribution in [3.05, 3.63) is 63.7 Å². The van der Waals surface area contributed by atoms with Crippen LogP contribution in [-0.4, -0.2) is 36.0 Å². The number of hydrogen-bond acceptors (Lipinski definition) is 6. The summed E-state index contributed by atoms with van der Waals surface area (Å²) in [4.78, 5) is 13.2. The van der Waals surface area contributed by atoms with Gasteiger partial charge in [-0.25, -0.2) is 0 Å². The van der Waals surface area contributed by atoms with E-state index in [1.54, 1.807) is 6.07 Å². The molecule has 7 nitrogen and oxygen atoms in total. The van der Waals surface area contributed by atoms with Gasteiger partial charge in [0.25, 0.3) is 0 Å². The number of methoxy groups -OCH3 is 1. The van der Waals surface area contributed by atoms with E-state index in [1.807, 2.05) is 55.2 Å². The van der Waals surface area contributed by atoms with Crippen molar-refractivity contribution in [2.75, 3.05) is 25.2 Å². The second kappa shape index (κ2) is 6.24. The summed E-state index contributed by atoms with van der Waals surface area (Å²) in [6.45, 7) is 4.37. The summed E-state index contributed by atoms with van der Waals surface area (Å²) >= 11 is 0. The minimum absolute atomic E-state index is 0.0685. The number of rotatable bonds is 4. The fourth-order valence-corrected chi connectivity index (χ4v) is 4.30. The Labute approximate surface area is 163 Å². The summed E-state index contributed by atoms with van der Waals surface area (Å²) in [5, 5.41) is 21.4. The molecule has 4 rings (SSSR count). The number of ether oxygens (including phenoxy) is 2. The maximum absolute atomic E-state index is 11.7. The van der Waals surface area contributed by atoms with E-state index in [2.05, 4.69) is 0 Å². The lowest BCUT2D eigenvalue weighted by Crippen LogP contribution is -2.60. The molecule has 7 heteroatoms. The van der Waals surface area contributed by atoms with Crippen molar-refractivity contribution < 1.29 is 19.5 Å². The van der Waals surface area contributed by atoms with Crippen molar-refractivity contribution in [1.82, 2.24) is 0 Å². The van der Waals surface area contributed by atoms with Crippen molar-refractivity contribution in [2.24, 2.45) is 0 Å². The minimum Gasteiger partial charge on any atom is -0.496 e. The van der Waals surface area contributed by atoms with Crippen LogP contribution in [0, 0.1) is 10.1 Å². The van der Waals surface area contributed by atoms with Crippen LogP contribution in [0.15, 0.2) is 42.5 Å². The fourth-order valence-electron chi connectivity index (χ4n) is 4.30. The van der Waals surface area contributed by atoms with Crippen LogP contribution in [0.25, 0.3) is 6.08 Å². The van der Waals surface area contributed by atoms with E-state index in [9.17, 15) is 15.2 Å². The molecule has 1 atom stereocenters. The number of aliphatic hydroxyl groups excluding tert-OH is 1. The topological polar surface area (TPSA) is 85.1 Å². The summed E-state index contributed by atoms with van der Waals surface area (Å²) in [5.74, 6) is 0.605. The van der Waals surface area contributed by atoms with E-state index in [4.69, 9.17) is 9.47 Å². The molecule has 0 saturated carbocycles. The van der Waals surface area contributed by atoms with Gasteiger partial charge in [0, 0.05) is 17.8 Å². The average molecular weight is 382 g/mol. The standard InChI is InChI=1S/C21H22N2O5/c1-20(2)16-6-4-5-7-17(16)22(10-11-24)21(20)9-8-14-12-15(27-3)13-18(23(25)26)19(14)28-21/h4-9,12-13,24H,10-11H2,1-3H3. The van der Waals surface area contributed by atoms with Gasteiger partial charge in [0.05, 0.1) is 30.1 Å². The molecule has 0 amide bonds. The van der Waals surface area contributed by atoms with Crippen LogP contribution < -0.4 is 14.4 Å². The number of benzene rings is 2. The number of anilines is 1. The van der Waals surface area contributed by atoms with Crippen molar-refractivity contribution in [3.8, 4) is 11.5 Å². The Hall–Kier alpha value is -3.06. The lowest BCUT2D eigenvalue weighted by molar-refractivity contribution is -0.386. The quantitative estimate of drug-likeness (QED) is 0.644. The van der Waals surface area contributed by atoms with Crippen LogP contribution in [0.4, 0.5) is 11.4 Å². The molecule has 2 aliphatic rings. The van der Waals surface area contributed by atoms with Crippen LogP contribution >= 0.6 is 0 Å². The number of nitro benzene ring substituents is 1. The van der Waals surface area contributed by atoms with Gasteiger partial charge in [-0.15, -0.1) is 0 Å². The van der Waals surface area contributed by atoms with Gasteiger partial charge in [-0.1, -0.05) is 18.2 Å². The molecule has 1 N–H and O–H groups in total. The van der Waals surface area contributed by atoms with Crippen LogP contribution in [0.3, 0.4) is 0 Å². The third-order valence-corrected chi connectivity index (χ3v) is 5.74. The van der Waals surface area contributed by atoms with E-state index >= 15 is 0 Å². The first-order valence-electron chi connectivity index (χ1n) is 9.08. The van der Waals surface area contributed by atoms with E-state index in [0.29, 0.717) is 17.9 Å². The molecule has 0 aliphatic carbocycles. The van der Waals surface area contributed by atoms with Crippen LogP contribution in [0.2, 0.25) is 0 Å². The number of para-hydroxylation sites is 1. The zero-order valence-corrected chi connectivity index (χ0v) is 16.0. The van der Waals surface area contributed by atoms with Crippen LogP contribution in [0.1, 0.15) is 25.0 Å². The first-order chi connectivity index (χ1) is 13.4. The summed E-state index contributed by atoms with van der Waals surface area (Å²) in [5.41, 5.74) is 0.951. The molecule has 2 aromatic rings. The highest BCUT2D eigenvalue weighted by Gasteiger charge is 2.59. The molecule has 0 radical (unpaired) electrons. The largest absolute Gasteiger partial charge is 0.496 e. The third kappa shape index (κ3) is 2.32. The van der Waals surface area contributed by atoms with Gasteiger partial charge < -0.3 is 19.5 Å². The molecule has 1 unspecified atom stereocenters. The highest BCUT2D eigenvalue weighted by atomic mass is 16.6. The minimum atomic E-state index is -0.994. The molecule has 2 aliphatic heterocycles. The van der Waals surface area contributed by atoms with Crippen molar-refractivity contribution >= 4 is 17.5 Å². The van der Waals surface area contributed by atoms with E-state index in [1.165, 1.54) is 13.2 Å². The number of fused-ring (bicyclic) bond motifs is 2. The highest BCUT2D eigenvalue weighted by Crippen LogP contribution is 2.56.